The Morgan fingerprint density at radius 1 is 0.885 bits per heavy atom. The van der Waals surface area contributed by atoms with E-state index in [4.69, 9.17) is 0 Å². The first kappa shape index (κ1) is 17.5. The topological polar surface area (TPSA) is 57.6 Å². The fourth-order valence-electron chi connectivity index (χ4n) is 2.39. The van der Waals surface area contributed by atoms with Crippen molar-refractivity contribution in [3.63, 3.8) is 0 Å². The molecule has 0 N–H and O–H groups in total. The predicted octanol–water partition coefficient (Wildman–Crippen LogP) is 4.04. The van der Waals surface area contributed by atoms with Crippen LogP contribution in [0.4, 0.5) is 4.39 Å². The lowest BCUT2D eigenvalue weighted by Gasteiger charge is -2.31. The summed E-state index contributed by atoms with van der Waals surface area (Å²) in [5, 5.41) is 0. The third-order valence-corrected chi connectivity index (χ3v) is 3.48. The molecule has 0 spiro atoms. The Kier molecular flexibility index (Phi) is 5.17. The van der Waals surface area contributed by atoms with Gasteiger partial charge in [-0.2, -0.15) is 15.0 Å². The van der Waals surface area contributed by atoms with Crippen LogP contribution in [-0.2, 0) is 0 Å². The van der Waals surface area contributed by atoms with Crippen LogP contribution >= 0.6 is 0 Å². The lowest BCUT2D eigenvalue weighted by Crippen LogP contribution is -2.42. The van der Waals surface area contributed by atoms with Crippen LogP contribution in [0, 0.1) is 0 Å². The van der Waals surface area contributed by atoms with Gasteiger partial charge in [-0.1, -0.05) is 24.3 Å². The molecule has 132 valence electrons. The van der Waals surface area contributed by atoms with Gasteiger partial charge in [0.1, 0.15) is 23.3 Å². The van der Waals surface area contributed by atoms with Crippen molar-refractivity contribution in [2.45, 2.75) is 20.8 Å². The van der Waals surface area contributed by atoms with Gasteiger partial charge in [0.15, 0.2) is 0 Å². The third-order valence-electron chi connectivity index (χ3n) is 3.48. The molecule has 0 atom stereocenters. The van der Waals surface area contributed by atoms with Crippen molar-refractivity contribution < 1.29 is 4.39 Å². The summed E-state index contributed by atoms with van der Waals surface area (Å²) in [5.41, 5.74) is 0. The zero-order valence-corrected chi connectivity index (χ0v) is 14.8. The van der Waals surface area contributed by atoms with E-state index in [9.17, 15) is 4.39 Å². The van der Waals surface area contributed by atoms with Gasteiger partial charge in [-0.3, -0.25) is 4.57 Å². The van der Waals surface area contributed by atoms with Crippen LogP contribution in [-0.4, -0.2) is 33.1 Å². The molecule has 3 aliphatic rings. The molecule has 0 aliphatic carbocycles. The molecular weight excluding hydrogens is 331 g/mol. The third kappa shape index (κ3) is 3.66. The Bertz CT molecular complexity index is 911. The Morgan fingerprint density at radius 2 is 1.58 bits per heavy atom. The summed E-state index contributed by atoms with van der Waals surface area (Å²) in [5.74, 6) is 1.91. The molecule has 0 aromatic carbocycles. The van der Waals surface area contributed by atoms with Crippen LogP contribution in [0.3, 0.4) is 0 Å². The van der Waals surface area contributed by atoms with Crippen molar-refractivity contribution in [3.05, 3.63) is 72.6 Å². The number of guanidine groups is 1. The summed E-state index contributed by atoms with van der Waals surface area (Å²) >= 11 is 0. The summed E-state index contributed by atoms with van der Waals surface area (Å²) in [6.07, 6.45) is 14.3. The van der Waals surface area contributed by atoms with Gasteiger partial charge in [-0.15, -0.1) is 0 Å². The van der Waals surface area contributed by atoms with Crippen LogP contribution in [0.15, 0.2) is 92.6 Å². The van der Waals surface area contributed by atoms with E-state index < -0.39 is 0 Å². The van der Waals surface area contributed by atoms with E-state index in [-0.39, 0.29) is 5.83 Å². The second-order valence-corrected chi connectivity index (χ2v) is 5.46. The molecule has 0 fully saturated rings. The highest BCUT2D eigenvalue weighted by atomic mass is 19.1. The second kappa shape index (κ2) is 7.69. The van der Waals surface area contributed by atoms with Gasteiger partial charge in [0, 0.05) is 24.5 Å². The number of aliphatic imine (C=N–C) groups is 4. The van der Waals surface area contributed by atoms with E-state index in [0.717, 1.165) is 0 Å². The number of aromatic nitrogens is 1. The number of halogens is 1. The highest BCUT2D eigenvalue weighted by Gasteiger charge is 2.31. The fourth-order valence-corrected chi connectivity index (χ4v) is 2.39. The van der Waals surface area contributed by atoms with Gasteiger partial charge in [0.05, 0.1) is 0 Å². The average Bonchev–Trinajstić information content (AvgIpc) is 3.14. The predicted molar refractivity (Wildman–Crippen MR) is 104 cm³/mol. The van der Waals surface area contributed by atoms with E-state index >= 15 is 0 Å². The first-order valence-electron chi connectivity index (χ1n) is 8.20. The standard InChI is InChI=1S/C13H9FN6.C6H10/c1-8-15-10-6-9(14)7-11-17-12(19-4-2-3-5-19)18-13(16-8)20(10)11;1-3-5-6-4-2/h2-7H,1H3;3-6H,1-2H3/b;5-3-,6-4-. The van der Waals surface area contributed by atoms with E-state index in [1.165, 1.54) is 12.2 Å². The second-order valence-electron chi connectivity index (χ2n) is 5.46. The maximum atomic E-state index is 13.7. The van der Waals surface area contributed by atoms with E-state index in [1.54, 1.807) is 16.4 Å². The molecule has 0 bridgehead atoms. The Morgan fingerprint density at radius 3 is 2.23 bits per heavy atom. The van der Waals surface area contributed by atoms with Crippen LogP contribution in [0.2, 0.25) is 0 Å². The Labute approximate surface area is 151 Å². The number of allylic oxidation sites excluding steroid dienone is 6. The van der Waals surface area contributed by atoms with Crippen molar-refractivity contribution in [2.75, 3.05) is 0 Å². The Hall–Kier alpha value is -3.35. The average molecular weight is 350 g/mol. The lowest BCUT2D eigenvalue weighted by atomic mass is 10.2. The van der Waals surface area contributed by atoms with Gasteiger partial charge in [0.2, 0.25) is 11.9 Å². The van der Waals surface area contributed by atoms with Crippen molar-refractivity contribution in [3.8, 4) is 0 Å². The zero-order valence-electron chi connectivity index (χ0n) is 14.8. The molecule has 4 heterocycles. The minimum absolute atomic E-state index is 0.387. The summed E-state index contributed by atoms with van der Waals surface area (Å²) in [7, 11) is 0. The number of hydrogen-bond donors (Lipinski definition) is 0. The molecular formula is C19H19FN6. The number of amidine groups is 2. The first-order chi connectivity index (χ1) is 12.6. The number of rotatable bonds is 1. The number of nitrogens with zero attached hydrogens (tertiary/aromatic N) is 6. The monoisotopic (exact) mass is 350 g/mol. The van der Waals surface area contributed by atoms with Crippen molar-refractivity contribution in [2.24, 2.45) is 20.0 Å². The molecule has 1 aromatic heterocycles. The molecule has 3 aliphatic heterocycles. The highest BCUT2D eigenvalue weighted by Crippen LogP contribution is 2.25. The van der Waals surface area contributed by atoms with Crippen LogP contribution in [0.25, 0.3) is 0 Å². The zero-order chi connectivity index (χ0) is 18.5. The molecule has 0 saturated carbocycles. The minimum atomic E-state index is -0.387. The lowest BCUT2D eigenvalue weighted by molar-refractivity contribution is 0.630. The Balaban J connectivity index is 0.000000286. The largest absolute Gasteiger partial charge is 0.293 e. The normalized spacial score (nSPS) is 18.2. The van der Waals surface area contributed by atoms with E-state index in [0.29, 0.717) is 29.4 Å². The van der Waals surface area contributed by atoms with Crippen LogP contribution < -0.4 is 0 Å². The summed E-state index contributed by atoms with van der Waals surface area (Å²) in [6.45, 7) is 5.75. The van der Waals surface area contributed by atoms with Gasteiger partial charge in [-0.25, -0.2) is 14.3 Å². The molecule has 7 heteroatoms. The van der Waals surface area contributed by atoms with Crippen molar-refractivity contribution in [1.29, 1.82) is 0 Å². The molecule has 0 unspecified atom stereocenters. The highest BCUT2D eigenvalue weighted by molar-refractivity contribution is 6.20. The molecule has 0 amide bonds. The molecule has 26 heavy (non-hydrogen) atoms. The summed E-state index contributed by atoms with van der Waals surface area (Å²) < 4.78 is 15.4. The first-order valence-corrected chi connectivity index (χ1v) is 8.20. The van der Waals surface area contributed by atoms with Gasteiger partial charge >= 0.3 is 0 Å². The van der Waals surface area contributed by atoms with E-state index in [2.05, 4.69) is 20.0 Å². The van der Waals surface area contributed by atoms with Gasteiger partial charge in [0.25, 0.3) is 0 Å². The molecule has 4 rings (SSSR count). The fraction of sp³-hybridized carbons (Fsp3) is 0.158. The van der Waals surface area contributed by atoms with Crippen LogP contribution in [0.1, 0.15) is 20.8 Å². The summed E-state index contributed by atoms with van der Waals surface area (Å²) in [4.78, 5) is 18.9. The number of hydrogen-bond acceptors (Lipinski definition) is 5. The quantitative estimate of drug-likeness (QED) is 0.705. The van der Waals surface area contributed by atoms with E-state index in [1.807, 2.05) is 62.7 Å². The summed E-state index contributed by atoms with van der Waals surface area (Å²) in [6, 6.07) is 3.74. The molecule has 1 aromatic rings. The smallest absolute Gasteiger partial charge is 0.242 e. The minimum Gasteiger partial charge on any atom is -0.293 e. The van der Waals surface area contributed by atoms with Crippen molar-refractivity contribution in [1.82, 2.24) is 9.47 Å². The molecule has 0 radical (unpaired) electrons. The van der Waals surface area contributed by atoms with Crippen molar-refractivity contribution >= 4 is 23.6 Å². The SMILES string of the molecule is C/C=C\C=C/C.CC1=NC2=CC(F)=CC3=NC(n4cccc4)=NC(=N1)N23. The van der Waals surface area contributed by atoms with Gasteiger partial charge in [-0.05, 0) is 32.9 Å². The molecule has 0 saturated heterocycles. The van der Waals surface area contributed by atoms with Crippen LogP contribution in [0.5, 0.6) is 0 Å². The molecule has 6 nitrogen and oxygen atoms in total. The maximum Gasteiger partial charge on any atom is 0.242 e. The van der Waals surface area contributed by atoms with Gasteiger partial charge < -0.3 is 0 Å². The maximum absolute atomic E-state index is 13.7.